The molecule has 0 radical (unpaired) electrons. The summed E-state index contributed by atoms with van der Waals surface area (Å²) in [6, 6.07) is 0. The van der Waals surface area contributed by atoms with Crippen LogP contribution in [-0.2, 0) is 0 Å². The van der Waals surface area contributed by atoms with E-state index in [0.29, 0.717) is 11.3 Å². The van der Waals surface area contributed by atoms with Gasteiger partial charge in [-0.05, 0) is 38.5 Å². The third-order valence-corrected chi connectivity index (χ3v) is 5.29. The molecule has 24 heavy (non-hydrogen) atoms. The molecule has 0 bridgehead atoms. The van der Waals surface area contributed by atoms with Gasteiger partial charge in [0.2, 0.25) is 0 Å². The van der Waals surface area contributed by atoms with Crippen LogP contribution in [0.1, 0.15) is 69.4 Å². The van der Waals surface area contributed by atoms with E-state index in [9.17, 15) is 0 Å². The van der Waals surface area contributed by atoms with Crippen LogP contribution in [0.15, 0.2) is 9.52 Å². The first kappa shape index (κ1) is 18.8. The molecule has 5 nitrogen and oxygen atoms in total. The van der Waals surface area contributed by atoms with Gasteiger partial charge in [-0.3, -0.25) is 4.99 Å². The fraction of sp³-hybridized carbons (Fsp3) is 0.789. The van der Waals surface area contributed by atoms with Crippen molar-refractivity contribution < 1.29 is 4.52 Å². The molecule has 1 fully saturated rings. The second kappa shape index (κ2) is 8.04. The van der Waals surface area contributed by atoms with Gasteiger partial charge in [-0.25, -0.2) is 0 Å². The smallest absolute Gasteiger partial charge is 0.193 e. The minimum absolute atomic E-state index is 0.347. The zero-order valence-corrected chi connectivity index (χ0v) is 16.3. The summed E-state index contributed by atoms with van der Waals surface area (Å²) in [4.78, 5) is 6.96. The van der Waals surface area contributed by atoms with Crippen LogP contribution in [-0.4, -0.2) is 42.7 Å². The molecule has 2 atom stereocenters. The van der Waals surface area contributed by atoms with E-state index in [-0.39, 0.29) is 0 Å². The van der Waals surface area contributed by atoms with Gasteiger partial charge in [-0.2, -0.15) is 0 Å². The van der Waals surface area contributed by atoms with Crippen LogP contribution in [0.5, 0.6) is 0 Å². The monoisotopic (exact) mass is 334 g/mol. The number of nitrogens with one attached hydrogen (secondary N) is 1. The van der Waals surface area contributed by atoms with Crippen LogP contribution >= 0.6 is 0 Å². The standard InChI is InChI=1S/C19H34N4O/c1-7-9-19(5)10-8-11-23(13-19)18(20-6)21-12-14(2)17-15(3)22-24-16(17)4/h14H,7-13H2,1-6H3,(H,20,21). The van der Waals surface area contributed by atoms with Crippen molar-refractivity contribution in [3.63, 3.8) is 0 Å². The summed E-state index contributed by atoms with van der Waals surface area (Å²) in [6.07, 6.45) is 5.11. The minimum atomic E-state index is 0.347. The van der Waals surface area contributed by atoms with Crippen molar-refractivity contribution >= 4 is 5.96 Å². The predicted octanol–water partition coefficient (Wildman–Crippen LogP) is 3.87. The van der Waals surface area contributed by atoms with Crippen molar-refractivity contribution in [1.29, 1.82) is 0 Å². The van der Waals surface area contributed by atoms with Crippen LogP contribution < -0.4 is 5.32 Å². The third-order valence-electron chi connectivity index (χ3n) is 5.29. The molecular weight excluding hydrogens is 300 g/mol. The topological polar surface area (TPSA) is 53.7 Å². The summed E-state index contributed by atoms with van der Waals surface area (Å²) in [7, 11) is 1.88. The van der Waals surface area contributed by atoms with Crippen LogP contribution in [0.2, 0.25) is 0 Å². The highest BCUT2D eigenvalue weighted by molar-refractivity contribution is 5.80. The fourth-order valence-electron chi connectivity index (χ4n) is 4.18. The van der Waals surface area contributed by atoms with Crippen molar-refractivity contribution in [1.82, 2.24) is 15.4 Å². The van der Waals surface area contributed by atoms with E-state index in [1.165, 1.54) is 31.2 Å². The molecule has 136 valence electrons. The van der Waals surface area contributed by atoms with E-state index < -0.39 is 0 Å². The van der Waals surface area contributed by atoms with Gasteiger partial charge in [0.05, 0.1) is 5.69 Å². The van der Waals surface area contributed by atoms with E-state index in [1.54, 1.807) is 0 Å². The molecule has 0 aromatic carbocycles. The Bertz CT molecular complexity index is 542. The van der Waals surface area contributed by atoms with Gasteiger partial charge in [0.15, 0.2) is 5.96 Å². The Kier molecular flexibility index (Phi) is 6.30. The van der Waals surface area contributed by atoms with Crippen molar-refractivity contribution in [2.75, 3.05) is 26.7 Å². The molecule has 0 spiro atoms. The maximum atomic E-state index is 5.30. The Labute approximate surface area is 146 Å². The summed E-state index contributed by atoms with van der Waals surface area (Å²) in [5.74, 6) is 2.29. The molecule has 1 N–H and O–H groups in total. The molecule has 2 heterocycles. The summed E-state index contributed by atoms with van der Waals surface area (Å²) < 4.78 is 5.30. The maximum absolute atomic E-state index is 5.30. The van der Waals surface area contributed by atoms with Gasteiger partial charge in [-0.1, -0.05) is 32.3 Å². The number of guanidine groups is 1. The molecular formula is C19H34N4O. The highest BCUT2D eigenvalue weighted by atomic mass is 16.5. The average molecular weight is 335 g/mol. The van der Waals surface area contributed by atoms with E-state index in [2.05, 4.69) is 41.1 Å². The molecule has 2 rings (SSSR count). The Hall–Kier alpha value is -1.52. The zero-order valence-electron chi connectivity index (χ0n) is 16.3. The third kappa shape index (κ3) is 4.31. The van der Waals surface area contributed by atoms with Crippen molar-refractivity contribution in [3.05, 3.63) is 17.0 Å². The van der Waals surface area contributed by atoms with Crippen LogP contribution in [0, 0.1) is 19.3 Å². The molecule has 1 aromatic rings. The second-order valence-electron chi connectivity index (χ2n) is 7.65. The minimum Gasteiger partial charge on any atom is -0.361 e. The number of aliphatic imine (C=N–C) groups is 1. The first-order valence-electron chi connectivity index (χ1n) is 9.28. The summed E-state index contributed by atoms with van der Waals surface area (Å²) in [6.45, 7) is 13.9. The lowest BCUT2D eigenvalue weighted by atomic mass is 9.78. The number of hydrogen-bond acceptors (Lipinski definition) is 3. The number of rotatable bonds is 5. The molecule has 0 saturated carbocycles. The lowest BCUT2D eigenvalue weighted by Gasteiger charge is -2.42. The van der Waals surface area contributed by atoms with E-state index >= 15 is 0 Å². The molecule has 1 aliphatic heterocycles. The molecule has 2 unspecified atom stereocenters. The van der Waals surface area contributed by atoms with Gasteiger partial charge in [0.25, 0.3) is 0 Å². The molecule has 0 aliphatic carbocycles. The number of aryl methyl sites for hydroxylation is 2. The number of piperidine rings is 1. The first-order valence-corrected chi connectivity index (χ1v) is 9.28. The highest BCUT2D eigenvalue weighted by Crippen LogP contribution is 2.34. The number of likely N-dealkylation sites (tertiary alicyclic amines) is 1. The SMILES string of the molecule is CCCC1(C)CCCN(C(=NC)NCC(C)c2c(C)noc2C)C1. The predicted molar refractivity (Wildman–Crippen MR) is 99.6 cm³/mol. The van der Waals surface area contributed by atoms with Crippen molar-refractivity contribution in [2.45, 2.75) is 66.2 Å². The lowest BCUT2D eigenvalue weighted by Crippen LogP contribution is -2.50. The maximum Gasteiger partial charge on any atom is 0.193 e. The molecule has 5 heteroatoms. The van der Waals surface area contributed by atoms with Crippen molar-refractivity contribution in [3.8, 4) is 0 Å². The molecule has 0 amide bonds. The number of hydrogen-bond donors (Lipinski definition) is 1. The number of aromatic nitrogens is 1. The van der Waals surface area contributed by atoms with Crippen molar-refractivity contribution in [2.24, 2.45) is 10.4 Å². The van der Waals surface area contributed by atoms with Crippen LogP contribution in [0.4, 0.5) is 0 Å². The second-order valence-corrected chi connectivity index (χ2v) is 7.65. The Morgan fingerprint density at radius 1 is 1.46 bits per heavy atom. The zero-order chi connectivity index (χ0) is 17.7. The van der Waals surface area contributed by atoms with Gasteiger partial charge in [-0.15, -0.1) is 0 Å². The van der Waals surface area contributed by atoms with Gasteiger partial charge < -0.3 is 14.7 Å². The average Bonchev–Trinajstić information content (AvgIpc) is 2.87. The van der Waals surface area contributed by atoms with Gasteiger partial charge in [0.1, 0.15) is 5.76 Å². The number of nitrogens with zero attached hydrogens (tertiary/aromatic N) is 3. The largest absolute Gasteiger partial charge is 0.361 e. The Balaban J connectivity index is 1.97. The van der Waals surface area contributed by atoms with Gasteiger partial charge >= 0.3 is 0 Å². The molecule has 1 aromatic heterocycles. The van der Waals surface area contributed by atoms with Crippen LogP contribution in [0.25, 0.3) is 0 Å². The molecule has 1 saturated heterocycles. The summed E-state index contributed by atoms with van der Waals surface area (Å²) >= 11 is 0. The summed E-state index contributed by atoms with van der Waals surface area (Å²) in [5, 5.41) is 7.64. The lowest BCUT2D eigenvalue weighted by molar-refractivity contribution is 0.142. The van der Waals surface area contributed by atoms with Gasteiger partial charge in [0, 0.05) is 38.2 Å². The summed E-state index contributed by atoms with van der Waals surface area (Å²) in [5.41, 5.74) is 2.62. The fourth-order valence-corrected chi connectivity index (χ4v) is 4.18. The van der Waals surface area contributed by atoms with Crippen LogP contribution in [0.3, 0.4) is 0 Å². The van der Waals surface area contributed by atoms with E-state index in [1.807, 2.05) is 20.9 Å². The Morgan fingerprint density at radius 2 is 2.21 bits per heavy atom. The van der Waals surface area contributed by atoms with E-state index in [4.69, 9.17) is 4.52 Å². The Morgan fingerprint density at radius 3 is 2.79 bits per heavy atom. The quantitative estimate of drug-likeness (QED) is 0.656. The highest BCUT2D eigenvalue weighted by Gasteiger charge is 2.31. The normalized spacial score (nSPS) is 23.4. The van der Waals surface area contributed by atoms with E-state index in [0.717, 1.165) is 37.0 Å². The first-order chi connectivity index (χ1) is 11.4. The molecule has 1 aliphatic rings.